The van der Waals surface area contributed by atoms with Gasteiger partial charge in [0.15, 0.2) is 0 Å². The second-order valence-electron chi connectivity index (χ2n) is 7.35. The molecule has 0 fully saturated rings. The Morgan fingerprint density at radius 1 is 1.06 bits per heavy atom. The monoisotopic (exact) mass is 439 g/mol. The first kappa shape index (κ1) is 21.6. The highest BCUT2D eigenvalue weighted by Crippen LogP contribution is 2.33. The van der Waals surface area contributed by atoms with E-state index in [9.17, 15) is 23.1 Å². The lowest BCUT2D eigenvalue weighted by atomic mass is 10.0. The summed E-state index contributed by atoms with van der Waals surface area (Å²) >= 11 is 0. The van der Waals surface area contributed by atoms with Crippen LogP contribution in [0, 0.1) is 17.5 Å². The number of fused-ring (bicyclic) bond motifs is 1. The van der Waals surface area contributed by atoms with Crippen molar-refractivity contribution in [3.05, 3.63) is 89.5 Å². The predicted octanol–water partition coefficient (Wildman–Crippen LogP) is 4.43. The van der Waals surface area contributed by atoms with Crippen molar-refractivity contribution in [2.45, 2.75) is 18.9 Å². The Balaban J connectivity index is 1.62. The number of hydrogen-bond acceptors (Lipinski definition) is 3. The van der Waals surface area contributed by atoms with Gasteiger partial charge in [-0.05, 0) is 60.0 Å². The van der Waals surface area contributed by atoms with Crippen molar-refractivity contribution >= 4 is 16.8 Å². The minimum atomic E-state index is -0.755. The number of rotatable bonds is 7. The summed E-state index contributed by atoms with van der Waals surface area (Å²) in [6.07, 6.45) is 1.73. The van der Waals surface area contributed by atoms with Crippen LogP contribution in [-0.4, -0.2) is 27.6 Å². The summed E-state index contributed by atoms with van der Waals surface area (Å²) in [5.41, 5.74) is 2.24. The Kier molecular flexibility index (Phi) is 6.23. The third-order valence-electron chi connectivity index (χ3n) is 5.23. The number of aromatic nitrogens is 2. The molecule has 4 aromatic rings. The van der Waals surface area contributed by atoms with Crippen LogP contribution in [0.3, 0.4) is 0 Å². The minimum absolute atomic E-state index is 0.00259. The van der Waals surface area contributed by atoms with Crippen LogP contribution in [0.5, 0.6) is 0 Å². The second kappa shape index (κ2) is 9.23. The zero-order chi connectivity index (χ0) is 22.7. The maximum Gasteiger partial charge on any atom is 0.220 e. The molecule has 1 unspecified atom stereocenters. The van der Waals surface area contributed by atoms with Gasteiger partial charge in [-0.25, -0.2) is 13.2 Å². The van der Waals surface area contributed by atoms with Crippen molar-refractivity contribution in [2.24, 2.45) is 0 Å². The summed E-state index contributed by atoms with van der Waals surface area (Å²) in [4.78, 5) is 19.7. The number of carbonyl (C=O) groups is 1. The molecule has 0 aliphatic rings. The molecule has 2 aromatic heterocycles. The van der Waals surface area contributed by atoms with Gasteiger partial charge in [0, 0.05) is 29.8 Å². The molecule has 0 radical (unpaired) electrons. The molecule has 2 heterocycles. The van der Waals surface area contributed by atoms with Crippen LogP contribution < -0.4 is 5.32 Å². The molecule has 164 valence electrons. The van der Waals surface area contributed by atoms with Gasteiger partial charge >= 0.3 is 0 Å². The lowest BCUT2D eigenvalue weighted by molar-refractivity contribution is -0.122. The predicted molar refractivity (Wildman–Crippen MR) is 114 cm³/mol. The fraction of sp³-hybridized carbons (Fsp3) is 0.167. The number of carbonyl (C=O) groups excluding carboxylic acids is 1. The summed E-state index contributed by atoms with van der Waals surface area (Å²) in [5, 5.41) is 12.7. The number of benzene rings is 2. The Bertz CT molecular complexity index is 1240. The van der Waals surface area contributed by atoms with E-state index in [0.29, 0.717) is 27.9 Å². The lowest BCUT2D eigenvalue weighted by Gasteiger charge is -2.15. The van der Waals surface area contributed by atoms with Crippen molar-refractivity contribution in [1.29, 1.82) is 0 Å². The average Bonchev–Trinajstić information content (AvgIpc) is 3.15. The van der Waals surface area contributed by atoms with Crippen LogP contribution in [0.25, 0.3) is 22.2 Å². The first-order valence-corrected chi connectivity index (χ1v) is 10.0. The Morgan fingerprint density at radius 2 is 1.84 bits per heavy atom. The number of H-pyrrole nitrogens is 1. The quantitative estimate of drug-likeness (QED) is 0.399. The molecule has 32 heavy (non-hydrogen) atoms. The fourth-order valence-electron chi connectivity index (χ4n) is 3.70. The van der Waals surface area contributed by atoms with Crippen LogP contribution >= 0.6 is 0 Å². The summed E-state index contributed by atoms with van der Waals surface area (Å²) in [6, 6.07) is 12.1. The van der Waals surface area contributed by atoms with Crippen molar-refractivity contribution in [2.75, 3.05) is 6.61 Å². The van der Waals surface area contributed by atoms with E-state index in [1.807, 2.05) is 0 Å². The number of aryl methyl sites for hydroxylation is 1. The van der Waals surface area contributed by atoms with Gasteiger partial charge in [0.2, 0.25) is 5.91 Å². The van der Waals surface area contributed by atoms with E-state index in [-0.39, 0.29) is 30.9 Å². The molecule has 3 N–H and O–H groups in total. The van der Waals surface area contributed by atoms with Gasteiger partial charge in [0.25, 0.3) is 0 Å². The largest absolute Gasteiger partial charge is 0.394 e. The van der Waals surface area contributed by atoms with Crippen molar-refractivity contribution in [3.63, 3.8) is 0 Å². The maximum atomic E-state index is 14.4. The van der Waals surface area contributed by atoms with Gasteiger partial charge in [-0.1, -0.05) is 6.07 Å². The first-order chi connectivity index (χ1) is 15.5. The molecule has 5 nitrogen and oxygen atoms in total. The number of aliphatic hydroxyl groups is 1. The average molecular weight is 439 g/mol. The number of nitrogens with zero attached hydrogens (tertiary/aromatic N) is 1. The van der Waals surface area contributed by atoms with Gasteiger partial charge in [0.05, 0.1) is 23.9 Å². The van der Waals surface area contributed by atoms with E-state index in [0.717, 1.165) is 6.07 Å². The van der Waals surface area contributed by atoms with E-state index in [4.69, 9.17) is 0 Å². The Labute approximate surface area is 181 Å². The van der Waals surface area contributed by atoms with Crippen LogP contribution in [0.2, 0.25) is 0 Å². The number of nitrogens with one attached hydrogen (secondary N) is 2. The molecule has 2 aromatic carbocycles. The molecular formula is C24H20F3N3O2. The second-order valence-corrected chi connectivity index (χ2v) is 7.35. The van der Waals surface area contributed by atoms with E-state index in [1.165, 1.54) is 30.3 Å². The molecular weight excluding hydrogens is 419 g/mol. The van der Waals surface area contributed by atoms with Crippen LogP contribution in [0.15, 0.2) is 60.8 Å². The summed E-state index contributed by atoms with van der Waals surface area (Å²) in [7, 11) is 0. The van der Waals surface area contributed by atoms with Gasteiger partial charge in [0.1, 0.15) is 17.5 Å². The molecule has 1 amide bonds. The number of aromatic amines is 1. The van der Waals surface area contributed by atoms with E-state index < -0.39 is 23.5 Å². The number of amides is 1. The summed E-state index contributed by atoms with van der Waals surface area (Å²) in [6.45, 7) is -0.326. The van der Waals surface area contributed by atoms with Crippen molar-refractivity contribution < 1.29 is 23.1 Å². The maximum absolute atomic E-state index is 14.4. The van der Waals surface area contributed by atoms with E-state index in [2.05, 4.69) is 15.3 Å². The van der Waals surface area contributed by atoms with Gasteiger partial charge in [-0.3, -0.25) is 9.78 Å². The van der Waals surface area contributed by atoms with Gasteiger partial charge in [-0.2, -0.15) is 0 Å². The molecule has 0 saturated carbocycles. The van der Waals surface area contributed by atoms with Crippen molar-refractivity contribution in [3.8, 4) is 11.3 Å². The van der Waals surface area contributed by atoms with Crippen LogP contribution in [-0.2, 0) is 11.2 Å². The SMILES string of the molecule is O=C(CCc1c(-c2ccc(F)cc2)[nH]c2c(F)cc(F)cc12)NC(CO)c1ccccn1. The topological polar surface area (TPSA) is 78.0 Å². The lowest BCUT2D eigenvalue weighted by Crippen LogP contribution is -2.31. The Hall–Kier alpha value is -3.65. The fourth-order valence-corrected chi connectivity index (χ4v) is 3.70. The number of pyridine rings is 1. The third kappa shape index (κ3) is 4.50. The third-order valence-corrected chi connectivity index (χ3v) is 5.23. The first-order valence-electron chi connectivity index (χ1n) is 10.0. The summed E-state index contributed by atoms with van der Waals surface area (Å²) < 4.78 is 41.7. The zero-order valence-corrected chi connectivity index (χ0v) is 16.9. The van der Waals surface area contributed by atoms with E-state index >= 15 is 0 Å². The van der Waals surface area contributed by atoms with Crippen LogP contribution in [0.4, 0.5) is 13.2 Å². The standard InChI is InChI=1S/C24H20F3N3O2/c25-15-6-4-14(5-7-15)23-17(18-11-16(26)12-19(27)24(18)30-23)8-9-22(32)29-21(13-31)20-3-1-2-10-28-20/h1-7,10-12,21,30-31H,8-9,13H2,(H,29,32). The highest BCUT2D eigenvalue weighted by atomic mass is 19.1. The highest BCUT2D eigenvalue weighted by Gasteiger charge is 2.20. The van der Waals surface area contributed by atoms with Gasteiger partial charge < -0.3 is 15.4 Å². The Morgan fingerprint density at radius 3 is 2.53 bits per heavy atom. The van der Waals surface area contributed by atoms with Gasteiger partial charge in [-0.15, -0.1) is 0 Å². The normalized spacial score (nSPS) is 12.1. The molecule has 0 aliphatic heterocycles. The minimum Gasteiger partial charge on any atom is -0.394 e. The van der Waals surface area contributed by atoms with E-state index in [1.54, 1.807) is 24.4 Å². The number of aliphatic hydroxyl groups excluding tert-OH is 1. The summed E-state index contributed by atoms with van der Waals surface area (Å²) in [5.74, 6) is -2.27. The van der Waals surface area contributed by atoms with Crippen LogP contribution in [0.1, 0.15) is 23.7 Å². The molecule has 0 saturated heterocycles. The van der Waals surface area contributed by atoms with Crippen molar-refractivity contribution in [1.82, 2.24) is 15.3 Å². The zero-order valence-electron chi connectivity index (χ0n) is 16.9. The number of hydrogen-bond donors (Lipinski definition) is 3. The molecule has 1 atom stereocenters. The highest BCUT2D eigenvalue weighted by molar-refractivity contribution is 5.92. The molecule has 8 heteroatoms. The molecule has 0 aliphatic carbocycles. The molecule has 0 spiro atoms. The number of halogens is 3. The molecule has 4 rings (SSSR count). The molecule has 0 bridgehead atoms. The smallest absolute Gasteiger partial charge is 0.220 e.